The van der Waals surface area contributed by atoms with Crippen molar-refractivity contribution in [2.24, 2.45) is 0 Å². The average molecular weight is 351 g/mol. The second kappa shape index (κ2) is 8.76. The van der Waals surface area contributed by atoms with Gasteiger partial charge in [0.05, 0.1) is 5.02 Å². The van der Waals surface area contributed by atoms with Gasteiger partial charge in [0, 0.05) is 6.54 Å². The lowest BCUT2D eigenvalue weighted by Crippen LogP contribution is -2.26. The van der Waals surface area contributed by atoms with Gasteiger partial charge in [-0.1, -0.05) is 23.7 Å². The second-order valence-corrected chi connectivity index (χ2v) is 6.26. The zero-order valence-electron chi connectivity index (χ0n) is 14.3. The number of para-hydroxylation sites is 1. The summed E-state index contributed by atoms with van der Waals surface area (Å²) in [5, 5.41) is 3.39. The van der Waals surface area contributed by atoms with Crippen molar-refractivity contribution in [3.63, 3.8) is 0 Å². The van der Waals surface area contributed by atoms with E-state index >= 15 is 0 Å². The van der Waals surface area contributed by atoms with Crippen molar-refractivity contribution in [3.8, 4) is 5.75 Å². The summed E-state index contributed by atoms with van der Waals surface area (Å²) >= 11 is 6.12. The van der Waals surface area contributed by atoms with Gasteiger partial charge in [0.2, 0.25) is 0 Å². The quantitative estimate of drug-likeness (QED) is 0.740. The van der Waals surface area contributed by atoms with Crippen molar-refractivity contribution in [1.29, 1.82) is 0 Å². The Morgan fingerprint density at radius 1 is 1.29 bits per heavy atom. The lowest BCUT2D eigenvalue weighted by Gasteiger charge is -2.09. The summed E-state index contributed by atoms with van der Waals surface area (Å²) in [6.07, 6.45) is 0.890. The van der Waals surface area contributed by atoms with E-state index in [0.717, 1.165) is 18.5 Å². The predicted molar refractivity (Wildman–Crippen MR) is 94.7 cm³/mol. The molecule has 0 aliphatic carbocycles. The summed E-state index contributed by atoms with van der Waals surface area (Å²) in [6.45, 7) is 3.69. The van der Waals surface area contributed by atoms with Crippen molar-refractivity contribution in [1.82, 2.24) is 10.2 Å². The molecule has 0 fully saturated rings. The maximum Gasteiger partial charge on any atom is 0.286 e. The molecular formula is C18H23ClN2O3. The molecule has 0 aliphatic heterocycles. The van der Waals surface area contributed by atoms with Crippen LogP contribution in [0.2, 0.25) is 5.02 Å². The smallest absolute Gasteiger partial charge is 0.286 e. The zero-order chi connectivity index (χ0) is 17.5. The zero-order valence-corrected chi connectivity index (χ0v) is 15.0. The van der Waals surface area contributed by atoms with Crippen LogP contribution in [0, 0.1) is 6.92 Å². The molecule has 1 aromatic carbocycles. The minimum absolute atomic E-state index is 0.214. The van der Waals surface area contributed by atoms with Crippen LogP contribution in [-0.2, 0) is 6.61 Å². The van der Waals surface area contributed by atoms with Crippen LogP contribution in [0.3, 0.4) is 0 Å². The Morgan fingerprint density at radius 3 is 2.79 bits per heavy atom. The summed E-state index contributed by atoms with van der Waals surface area (Å²) in [5.74, 6) is 1.28. The number of aryl methyl sites for hydroxylation is 1. The van der Waals surface area contributed by atoms with Crippen LogP contribution in [0.15, 0.2) is 34.7 Å². The molecular weight excluding hydrogens is 328 g/mol. The molecule has 1 aromatic heterocycles. The van der Waals surface area contributed by atoms with E-state index in [4.69, 9.17) is 20.8 Å². The van der Waals surface area contributed by atoms with Gasteiger partial charge in [0.1, 0.15) is 18.1 Å². The molecule has 5 nitrogen and oxygen atoms in total. The maximum absolute atomic E-state index is 12.0. The van der Waals surface area contributed by atoms with Gasteiger partial charge < -0.3 is 19.4 Å². The number of hydrogen-bond acceptors (Lipinski definition) is 4. The Hall–Kier alpha value is -1.98. The number of ether oxygens (including phenoxy) is 1. The number of amides is 1. The summed E-state index contributed by atoms with van der Waals surface area (Å²) < 4.78 is 11.2. The lowest BCUT2D eigenvalue weighted by atomic mass is 10.2. The van der Waals surface area contributed by atoms with Gasteiger partial charge in [0.15, 0.2) is 5.76 Å². The first-order valence-electron chi connectivity index (χ1n) is 7.87. The maximum atomic E-state index is 12.0. The molecule has 130 valence electrons. The third kappa shape index (κ3) is 5.28. The topological polar surface area (TPSA) is 54.7 Å². The van der Waals surface area contributed by atoms with E-state index in [9.17, 15) is 4.79 Å². The largest absolute Gasteiger partial charge is 0.484 e. The first kappa shape index (κ1) is 18.4. The molecule has 0 spiro atoms. The van der Waals surface area contributed by atoms with Crippen molar-refractivity contribution in [2.75, 3.05) is 27.2 Å². The molecule has 0 bridgehead atoms. The fraction of sp³-hybridized carbons (Fsp3) is 0.389. The minimum Gasteiger partial charge on any atom is -0.484 e. The molecule has 1 amide bonds. The van der Waals surface area contributed by atoms with E-state index in [2.05, 4.69) is 10.2 Å². The number of hydrogen-bond donors (Lipinski definition) is 1. The Balaban J connectivity index is 1.85. The highest BCUT2D eigenvalue weighted by Gasteiger charge is 2.12. The number of halogens is 1. The van der Waals surface area contributed by atoms with E-state index in [0.29, 0.717) is 23.1 Å². The monoisotopic (exact) mass is 350 g/mol. The highest BCUT2D eigenvalue weighted by Crippen LogP contribution is 2.28. The van der Waals surface area contributed by atoms with E-state index in [1.807, 2.05) is 33.2 Å². The van der Waals surface area contributed by atoms with Crippen LogP contribution in [0.25, 0.3) is 0 Å². The van der Waals surface area contributed by atoms with Gasteiger partial charge in [-0.2, -0.15) is 0 Å². The van der Waals surface area contributed by atoms with Gasteiger partial charge in [-0.3, -0.25) is 4.79 Å². The van der Waals surface area contributed by atoms with Crippen molar-refractivity contribution < 1.29 is 13.9 Å². The molecule has 0 aliphatic rings. The van der Waals surface area contributed by atoms with Gasteiger partial charge in [0.25, 0.3) is 5.91 Å². The Kier molecular flexibility index (Phi) is 6.70. The molecule has 6 heteroatoms. The fourth-order valence-corrected chi connectivity index (χ4v) is 2.48. The molecule has 0 radical (unpaired) electrons. The third-order valence-electron chi connectivity index (χ3n) is 3.48. The molecule has 2 aromatic rings. The van der Waals surface area contributed by atoms with Crippen molar-refractivity contribution >= 4 is 17.5 Å². The summed E-state index contributed by atoms with van der Waals surface area (Å²) in [4.78, 5) is 14.1. The number of carbonyl (C=O) groups is 1. The molecule has 1 heterocycles. The highest BCUT2D eigenvalue weighted by atomic mass is 35.5. The minimum atomic E-state index is -0.214. The van der Waals surface area contributed by atoms with E-state index in [-0.39, 0.29) is 18.3 Å². The molecule has 0 unspecified atom stereocenters. The van der Waals surface area contributed by atoms with Crippen LogP contribution in [0.1, 0.15) is 28.3 Å². The van der Waals surface area contributed by atoms with Crippen LogP contribution >= 0.6 is 11.6 Å². The van der Waals surface area contributed by atoms with Gasteiger partial charge in [-0.15, -0.1) is 0 Å². The van der Waals surface area contributed by atoms with E-state index in [1.54, 1.807) is 18.2 Å². The van der Waals surface area contributed by atoms with Crippen LogP contribution in [0.5, 0.6) is 5.75 Å². The normalized spacial score (nSPS) is 10.9. The van der Waals surface area contributed by atoms with Gasteiger partial charge >= 0.3 is 0 Å². The van der Waals surface area contributed by atoms with Gasteiger partial charge in [-0.25, -0.2) is 0 Å². The predicted octanol–water partition coefficient (Wildman–Crippen LogP) is 3.50. The first-order chi connectivity index (χ1) is 11.5. The summed E-state index contributed by atoms with van der Waals surface area (Å²) in [7, 11) is 4.00. The molecule has 2 rings (SSSR count). The number of nitrogens with zero attached hydrogens (tertiary/aromatic N) is 1. The van der Waals surface area contributed by atoms with Crippen LogP contribution in [0.4, 0.5) is 0 Å². The van der Waals surface area contributed by atoms with Crippen molar-refractivity contribution in [3.05, 3.63) is 52.4 Å². The number of carbonyl (C=O) groups excluding carboxylic acids is 1. The second-order valence-electron chi connectivity index (χ2n) is 5.85. The SMILES string of the molecule is Cc1cccc(Cl)c1OCc1ccc(C(=O)NCCCN(C)C)o1. The molecule has 0 saturated heterocycles. The number of furan rings is 1. The third-order valence-corrected chi connectivity index (χ3v) is 3.77. The Labute approximate surface area is 147 Å². The summed E-state index contributed by atoms with van der Waals surface area (Å²) in [5.41, 5.74) is 0.952. The van der Waals surface area contributed by atoms with E-state index in [1.165, 1.54) is 0 Å². The fourth-order valence-electron chi connectivity index (χ4n) is 2.20. The standard InChI is InChI=1S/C18H23ClN2O3/c1-13-6-4-7-15(19)17(13)23-12-14-8-9-16(24-14)18(22)20-10-5-11-21(2)3/h4,6-9H,5,10-12H2,1-3H3,(H,20,22). The average Bonchev–Trinajstić information content (AvgIpc) is 3.00. The number of nitrogens with one attached hydrogen (secondary N) is 1. The summed E-state index contributed by atoms with van der Waals surface area (Å²) in [6, 6.07) is 8.96. The molecule has 24 heavy (non-hydrogen) atoms. The lowest BCUT2D eigenvalue weighted by molar-refractivity contribution is 0.0920. The Morgan fingerprint density at radius 2 is 2.08 bits per heavy atom. The van der Waals surface area contributed by atoms with E-state index < -0.39 is 0 Å². The molecule has 0 saturated carbocycles. The Bertz CT molecular complexity index is 662. The van der Waals surface area contributed by atoms with Crippen molar-refractivity contribution in [2.45, 2.75) is 20.0 Å². The first-order valence-corrected chi connectivity index (χ1v) is 8.24. The van der Waals surface area contributed by atoms with Gasteiger partial charge in [-0.05, 0) is 57.7 Å². The number of rotatable bonds is 8. The molecule has 0 atom stereocenters. The highest BCUT2D eigenvalue weighted by molar-refractivity contribution is 6.32. The van der Waals surface area contributed by atoms with Crippen LogP contribution < -0.4 is 10.1 Å². The number of benzene rings is 1. The van der Waals surface area contributed by atoms with Crippen LogP contribution in [-0.4, -0.2) is 38.0 Å². The molecule has 1 N–H and O–H groups in total.